The number of ether oxygens (including phenoxy) is 11. The molecule has 1 saturated heterocycles. The third-order valence-electron chi connectivity index (χ3n) is 5.20. The average molecular weight is 575 g/mol. The van der Waals surface area contributed by atoms with E-state index in [1.165, 1.54) is 0 Å². The van der Waals surface area contributed by atoms with Crippen LogP contribution in [0.25, 0.3) is 0 Å². The van der Waals surface area contributed by atoms with Gasteiger partial charge in [-0.1, -0.05) is 13.3 Å². The fourth-order valence-electron chi connectivity index (χ4n) is 3.18. The Bertz CT molecular complexity index is 454. The molecule has 0 radical (unpaired) electrons. The molecule has 0 spiro atoms. The minimum absolute atomic E-state index is 0.295. The van der Waals surface area contributed by atoms with Crippen molar-refractivity contribution in [3.8, 4) is 0 Å². The van der Waals surface area contributed by atoms with Gasteiger partial charge in [-0.2, -0.15) is 0 Å². The minimum Gasteiger partial charge on any atom is -0.378 e. The van der Waals surface area contributed by atoms with Crippen molar-refractivity contribution in [2.24, 2.45) is 0 Å². The van der Waals surface area contributed by atoms with Gasteiger partial charge in [-0.25, -0.2) is 0 Å². The molecule has 0 N–H and O–H groups in total. The fourth-order valence-corrected chi connectivity index (χ4v) is 3.29. The van der Waals surface area contributed by atoms with E-state index in [9.17, 15) is 0 Å². The minimum atomic E-state index is -0.782. The molecule has 228 valence electrons. The lowest BCUT2D eigenvalue weighted by Gasteiger charge is -2.33. The molecule has 0 aliphatic carbocycles. The Labute approximate surface area is 233 Å². The molecule has 1 aliphatic rings. The Kier molecular flexibility index (Phi) is 26.8. The number of halogens is 1. The van der Waals surface area contributed by atoms with Crippen molar-refractivity contribution < 1.29 is 52.1 Å². The van der Waals surface area contributed by atoms with Crippen LogP contribution in [0.2, 0.25) is 0 Å². The Balaban J connectivity index is 2.57. The van der Waals surface area contributed by atoms with E-state index < -0.39 is 5.60 Å². The van der Waals surface area contributed by atoms with Gasteiger partial charge in [0.2, 0.25) is 0 Å². The van der Waals surface area contributed by atoms with Crippen molar-refractivity contribution in [1.29, 1.82) is 0 Å². The van der Waals surface area contributed by atoms with Crippen LogP contribution in [-0.4, -0.2) is 150 Å². The first-order valence-electron chi connectivity index (χ1n) is 13.8. The van der Waals surface area contributed by atoms with Crippen molar-refractivity contribution >= 4 is 11.6 Å². The second-order valence-corrected chi connectivity index (χ2v) is 8.90. The molecule has 0 unspecified atom stereocenters. The number of hydrogen-bond acceptors (Lipinski definition) is 11. The highest BCUT2D eigenvalue weighted by molar-refractivity contribution is 6.17. The zero-order valence-corrected chi connectivity index (χ0v) is 24.1. The molecule has 0 atom stereocenters. The van der Waals surface area contributed by atoms with Gasteiger partial charge < -0.3 is 52.1 Å². The van der Waals surface area contributed by atoms with E-state index in [1.807, 2.05) is 0 Å². The first kappa shape index (κ1) is 35.9. The Hall–Kier alpha value is -0.150. The second kappa shape index (κ2) is 28.4. The first-order chi connectivity index (χ1) is 18.8. The standard InChI is InChI=1S/C26H51ClO11/c1-2-3-5-35-23-26(38-22-21-34-8-7-28-6-4-27)24-36-19-17-32-15-13-30-11-9-29-10-12-31-14-16-33-18-20-37-25-26/h2-25H2,1H3. The molecule has 0 aromatic heterocycles. The molecule has 11 nitrogen and oxygen atoms in total. The van der Waals surface area contributed by atoms with Gasteiger partial charge in [-0.05, 0) is 6.42 Å². The smallest absolute Gasteiger partial charge is 0.138 e. The van der Waals surface area contributed by atoms with Crippen LogP contribution in [0.15, 0.2) is 0 Å². The van der Waals surface area contributed by atoms with Crippen LogP contribution < -0.4 is 0 Å². The summed E-state index contributed by atoms with van der Waals surface area (Å²) in [7, 11) is 0. The van der Waals surface area contributed by atoms with Crippen LogP contribution in [-0.2, 0) is 52.1 Å². The summed E-state index contributed by atoms with van der Waals surface area (Å²) in [5, 5.41) is 0. The predicted octanol–water partition coefficient (Wildman–Crippen LogP) is 1.96. The van der Waals surface area contributed by atoms with Crippen LogP contribution in [0.1, 0.15) is 19.8 Å². The zero-order valence-electron chi connectivity index (χ0n) is 23.3. The SMILES string of the molecule is CCCCOCC1(OCCOCCOCCCl)COCCOCCOCCOCCOCCOCCOC1. The van der Waals surface area contributed by atoms with Crippen LogP contribution >= 0.6 is 11.6 Å². The first-order valence-corrected chi connectivity index (χ1v) is 14.3. The summed E-state index contributed by atoms with van der Waals surface area (Å²) in [5.74, 6) is 0.469. The highest BCUT2D eigenvalue weighted by Crippen LogP contribution is 2.15. The van der Waals surface area contributed by atoms with Gasteiger partial charge in [-0.15, -0.1) is 11.6 Å². The number of hydrogen-bond donors (Lipinski definition) is 0. The summed E-state index contributed by atoms with van der Waals surface area (Å²) in [5.41, 5.74) is -0.782. The summed E-state index contributed by atoms with van der Waals surface area (Å²) in [6.45, 7) is 11.8. The topological polar surface area (TPSA) is 102 Å². The lowest BCUT2D eigenvalue weighted by molar-refractivity contribution is -0.177. The third kappa shape index (κ3) is 22.6. The molecule has 0 amide bonds. The van der Waals surface area contributed by atoms with Crippen LogP contribution in [0.5, 0.6) is 0 Å². The maximum atomic E-state index is 6.28. The van der Waals surface area contributed by atoms with E-state index in [4.69, 9.17) is 63.7 Å². The van der Waals surface area contributed by atoms with Crippen LogP contribution in [0.4, 0.5) is 0 Å². The van der Waals surface area contributed by atoms with Gasteiger partial charge in [0.1, 0.15) is 5.60 Å². The number of alkyl halides is 1. The monoisotopic (exact) mass is 574 g/mol. The van der Waals surface area contributed by atoms with Gasteiger partial charge in [0.05, 0.1) is 132 Å². The molecule has 0 aromatic carbocycles. The number of rotatable bonds is 14. The zero-order chi connectivity index (χ0) is 27.2. The molecule has 1 rings (SSSR count). The molecular weight excluding hydrogens is 524 g/mol. The average Bonchev–Trinajstić information content (AvgIpc) is 2.93. The van der Waals surface area contributed by atoms with Crippen LogP contribution in [0, 0.1) is 0 Å². The van der Waals surface area contributed by atoms with E-state index in [0.717, 1.165) is 12.8 Å². The van der Waals surface area contributed by atoms with Crippen LogP contribution in [0.3, 0.4) is 0 Å². The maximum Gasteiger partial charge on any atom is 0.138 e. The lowest BCUT2D eigenvalue weighted by Crippen LogP contribution is -2.48. The van der Waals surface area contributed by atoms with Gasteiger partial charge in [0.25, 0.3) is 0 Å². The molecule has 38 heavy (non-hydrogen) atoms. The van der Waals surface area contributed by atoms with Gasteiger partial charge in [0.15, 0.2) is 0 Å². The molecule has 0 saturated carbocycles. The maximum absolute atomic E-state index is 6.28. The highest BCUT2D eigenvalue weighted by Gasteiger charge is 2.33. The third-order valence-corrected chi connectivity index (χ3v) is 5.35. The summed E-state index contributed by atoms with van der Waals surface area (Å²) in [6, 6.07) is 0. The largest absolute Gasteiger partial charge is 0.378 e. The Morgan fingerprint density at radius 3 is 1.39 bits per heavy atom. The molecule has 0 bridgehead atoms. The Morgan fingerprint density at radius 1 is 0.526 bits per heavy atom. The molecule has 1 fully saturated rings. The van der Waals surface area contributed by atoms with Crippen molar-refractivity contribution in [3.63, 3.8) is 0 Å². The van der Waals surface area contributed by atoms with E-state index in [2.05, 4.69) is 6.92 Å². The summed E-state index contributed by atoms with van der Waals surface area (Å²) in [4.78, 5) is 0. The number of unbranched alkanes of at least 4 members (excludes halogenated alkanes) is 1. The lowest BCUT2D eigenvalue weighted by atomic mass is 10.1. The van der Waals surface area contributed by atoms with E-state index >= 15 is 0 Å². The molecule has 12 heteroatoms. The van der Waals surface area contributed by atoms with Crippen molar-refractivity contribution in [1.82, 2.24) is 0 Å². The molecule has 1 heterocycles. The van der Waals surface area contributed by atoms with Gasteiger partial charge >= 0.3 is 0 Å². The van der Waals surface area contributed by atoms with Gasteiger partial charge in [-0.3, -0.25) is 0 Å². The van der Waals surface area contributed by atoms with Crippen molar-refractivity contribution in [2.75, 3.05) is 145 Å². The quantitative estimate of drug-likeness (QED) is 0.225. The second-order valence-electron chi connectivity index (χ2n) is 8.52. The molecule has 1 aliphatic heterocycles. The summed E-state index contributed by atoms with van der Waals surface area (Å²) >= 11 is 5.61. The molecular formula is C26H51ClO11. The predicted molar refractivity (Wildman–Crippen MR) is 143 cm³/mol. The van der Waals surface area contributed by atoms with Crippen molar-refractivity contribution in [2.45, 2.75) is 25.4 Å². The van der Waals surface area contributed by atoms with E-state index in [0.29, 0.717) is 145 Å². The fraction of sp³-hybridized carbons (Fsp3) is 1.00. The summed E-state index contributed by atoms with van der Waals surface area (Å²) in [6.07, 6.45) is 2.02. The van der Waals surface area contributed by atoms with Gasteiger partial charge in [0, 0.05) is 12.5 Å². The Morgan fingerprint density at radius 2 is 0.947 bits per heavy atom. The summed E-state index contributed by atoms with van der Waals surface area (Å²) < 4.78 is 62.8. The normalized spacial score (nSPS) is 20.4. The van der Waals surface area contributed by atoms with E-state index in [1.54, 1.807) is 0 Å². The highest BCUT2D eigenvalue weighted by atomic mass is 35.5. The van der Waals surface area contributed by atoms with Crippen molar-refractivity contribution in [3.05, 3.63) is 0 Å². The molecule has 0 aromatic rings. The van der Waals surface area contributed by atoms with E-state index in [-0.39, 0.29) is 0 Å².